The fourth-order valence-corrected chi connectivity index (χ4v) is 1.24. The molecule has 0 fully saturated rings. The van der Waals surface area contributed by atoms with Crippen LogP contribution in [0.1, 0.15) is 34.6 Å². The average molecular weight is 214 g/mol. The lowest BCUT2D eigenvalue weighted by atomic mass is 10.3. The summed E-state index contributed by atoms with van der Waals surface area (Å²) >= 11 is 0.906. The van der Waals surface area contributed by atoms with Crippen LogP contribution in [-0.2, 0) is 4.94 Å². The largest absolute Gasteiger partial charge is 0.409 e. The molecule has 0 saturated carbocycles. The zero-order chi connectivity index (χ0) is 10.4. The van der Waals surface area contributed by atoms with Crippen LogP contribution in [-0.4, -0.2) is 16.2 Å². The standard InChI is InChI=1S/C8H7FN2O2S/c1-2-3-4-5-6-10-11-7(14-6)8(12)13-9/h2-3H2,1H3. The van der Waals surface area contributed by atoms with Crippen molar-refractivity contribution >= 4 is 17.3 Å². The first kappa shape index (κ1) is 10.6. The molecule has 0 aliphatic rings. The Morgan fingerprint density at radius 3 is 3.07 bits per heavy atom. The summed E-state index contributed by atoms with van der Waals surface area (Å²) in [5.41, 5.74) is 0. The van der Waals surface area contributed by atoms with Crippen LogP contribution in [0.3, 0.4) is 0 Å². The Balaban J connectivity index is 2.70. The van der Waals surface area contributed by atoms with Gasteiger partial charge in [0.15, 0.2) is 5.01 Å². The predicted octanol–water partition coefficient (Wildman–Crippen LogP) is 1.73. The quantitative estimate of drug-likeness (QED) is 0.703. The van der Waals surface area contributed by atoms with Gasteiger partial charge in [-0.25, -0.2) is 9.74 Å². The first-order chi connectivity index (χ1) is 6.77. The van der Waals surface area contributed by atoms with Gasteiger partial charge in [0, 0.05) is 10.9 Å². The van der Waals surface area contributed by atoms with Crippen molar-refractivity contribution in [1.29, 1.82) is 0 Å². The van der Waals surface area contributed by atoms with Crippen molar-refractivity contribution in [3.05, 3.63) is 10.0 Å². The Labute approximate surface area is 84.0 Å². The number of nitrogens with zero attached hydrogens (tertiary/aromatic N) is 2. The van der Waals surface area contributed by atoms with Crippen molar-refractivity contribution in [2.45, 2.75) is 19.8 Å². The van der Waals surface area contributed by atoms with E-state index >= 15 is 0 Å². The van der Waals surface area contributed by atoms with Gasteiger partial charge in [-0.15, -0.1) is 10.2 Å². The molecule has 0 radical (unpaired) electrons. The van der Waals surface area contributed by atoms with Crippen molar-refractivity contribution in [3.8, 4) is 11.8 Å². The number of unbranched alkanes of at least 4 members (excludes halogenated alkanes) is 1. The minimum absolute atomic E-state index is 0.131. The van der Waals surface area contributed by atoms with Crippen molar-refractivity contribution in [2.24, 2.45) is 0 Å². The van der Waals surface area contributed by atoms with Crippen LogP contribution >= 0.6 is 11.3 Å². The summed E-state index contributed by atoms with van der Waals surface area (Å²) in [6, 6.07) is 0. The lowest BCUT2D eigenvalue weighted by molar-refractivity contribution is -0.0788. The summed E-state index contributed by atoms with van der Waals surface area (Å²) in [7, 11) is 0. The lowest BCUT2D eigenvalue weighted by Gasteiger charge is -1.81. The monoisotopic (exact) mass is 214 g/mol. The molecule has 1 heterocycles. The van der Waals surface area contributed by atoms with Gasteiger partial charge in [-0.3, -0.25) is 0 Å². The molecule has 0 N–H and O–H groups in total. The highest BCUT2D eigenvalue weighted by Gasteiger charge is 2.13. The molecule has 0 amide bonds. The zero-order valence-corrected chi connectivity index (χ0v) is 8.23. The molecule has 0 saturated heterocycles. The van der Waals surface area contributed by atoms with Crippen LogP contribution < -0.4 is 0 Å². The highest BCUT2D eigenvalue weighted by atomic mass is 32.1. The Kier molecular flexibility index (Phi) is 4.01. The molecule has 0 bridgehead atoms. The number of carbonyl (C=O) groups is 1. The minimum Gasteiger partial charge on any atom is -0.247 e. The molecule has 0 unspecified atom stereocenters. The molecule has 0 spiro atoms. The second-order valence-electron chi connectivity index (χ2n) is 2.33. The maximum atomic E-state index is 11.4. The molecule has 0 aliphatic carbocycles. The number of hydrogen-bond acceptors (Lipinski definition) is 5. The second kappa shape index (κ2) is 5.29. The summed E-state index contributed by atoms with van der Waals surface area (Å²) in [6.07, 6.45) is 1.70. The maximum Gasteiger partial charge on any atom is 0.409 e. The molecule has 74 valence electrons. The molecular formula is C8H7FN2O2S. The van der Waals surface area contributed by atoms with Gasteiger partial charge < -0.3 is 0 Å². The van der Waals surface area contributed by atoms with Crippen molar-refractivity contribution in [1.82, 2.24) is 10.2 Å². The number of aromatic nitrogens is 2. The molecule has 4 nitrogen and oxygen atoms in total. The second-order valence-corrected chi connectivity index (χ2v) is 3.31. The first-order valence-electron chi connectivity index (χ1n) is 3.93. The fraction of sp³-hybridized carbons (Fsp3) is 0.375. The third-order valence-corrected chi connectivity index (χ3v) is 2.06. The molecule has 0 aliphatic heterocycles. The van der Waals surface area contributed by atoms with Gasteiger partial charge >= 0.3 is 5.97 Å². The van der Waals surface area contributed by atoms with Crippen molar-refractivity contribution < 1.29 is 14.3 Å². The Hall–Kier alpha value is -1.48. The van der Waals surface area contributed by atoms with E-state index in [0.717, 1.165) is 24.2 Å². The van der Waals surface area contributed by atoms with E-state index in [-0.39, 0.29) is 5.01 Å². The normalized spacial score (nSPS) is 9.00. The van der Waals surface area contributed by atoms with E-state index in [1.807, 2.05) is 6.92 Å². The smallest absolute Gasteiger partial charge is 0.247 e. The predicted molar refractivity (Wildman–Crippen MR) is 48.2 cm³/mol. The third kappa shape index (κ3) is 2.78. The Bertz CT molecular complexity index is 380. The van der Waals surface area contributed by atoms with Gasteiger partial charge in [0.05, 0.1) is 0 Å². The van der Waals surface area contributed by atoms with Crippen LogP contribution in [0.4, 0.5) is 4.53 Å². The minimum atomic E-state index is -1.13. The van der Waals surface area contributed by atoms with Crippen LogP contribution in [0.25, 0.3) is 0 Å². The molecule has 0 aromatic carbocycles. The van der Waals surface area contributed by atoms with Gasteiger partial charge in [-0.1, -0.05) is 24.2 Å². The van der Waals surface area contributed by atoms with E-state index in [0.29, 0.717) is 5.01 Å². The summed E-state index contributed by atoms with van der Waals surface area (Å²) in [6.45, 7) is 2.00. The first-order valence-corrected chi connectivity index (χ1v) is 4.75. The summed E-state index contributed by atoms with van der Waals surface area (Å²) in [4.78, 5) is 13.6. The molecule has 6 heteroatoms. The SMILES string of the molecule is CCCC#Cc1nnc(C(=O)OF)s1. The number of hydrogen-bond donors (Lipinski definition) is 0. The number of carbonyl (C=O) groups excluding carboxylic acids is 1. The fourth-order valence-electron chi connectivity index (χ4n) is 0.652. The van der Waals surface area contributed by atoms with Crippen LogP contribution in [0.5, 0.6) is 0 Å². The molecule has 14 heavy (non-hydrogen) atoms. The van der Waals surface area contributed by atoms with Gasteiger partial charge in [0.25, 0.3) is 0 Å². The van der Waals surface area contributed by atoms with Gasteiger partial charge in [-0.05, 0) is 12.3 Å². The van der Waals surface area contributed by atoms with Crippen molar-refractivity contribution in [2.75, 3.05) is 0 Å². The van der Waals surface area contributed by atoms with E-state index in [4.69, 9.17) is 0 Å². The summed E-state index contributed by atoms with van der Waals surface area (Å²) in [5.74, 6) is 4.41. The van der Waals surface area contributed by atoms with Crippen molar-refractivity contribution in [3.63, 3.8) is 0 Å². The van der Waals surface area contributed by atoms with E-state index in [1.54, 1.807) is 0 Å². The van der Waals surface area contributed by atoms with Crippen LogP contribution in [0.15, 0.2) is 0 Å². The molecule has 1 rings (SSSR count). The van der Waals surface area contributed by atoms with Gasteiger partial charge in [-0.2, -0.15) is 0 Å². The van der Waals surface area contributed by atoms with Gasteiger partial charge in [0.1, 0.15) is 0 Å². The Morgan fingerprint density at radius 1 is 1.64 bits per heavy atom. The topological polar surface area (TPSA) is 52.1 Å². The molecular weight excluding hydrogens is 207 g/mol. The summed E-state index contributed by atoms with van der Waals surface area (Å²) < 4.78 is 11.4. The highest BCUT2D eigenvalue weighted by Crippen LogP contribution is 2.09. The lowest BCUT2D eigenvalue weighted by Crippen LogP contribution is -1.96. The number of rotatable bonds is 2. The highest BCUT2D eigenvalue weighted by molar-refractivity contribution is 7.13. The molecule has 1 aromatic rings. The summed E-state index contributed by atoms with van der Waals surface area (Å²) in [5, 5.41) is 7.26. The van der Waals surface area contributed by atoms with E-state index < -0.39 is 5.97 Å². The third-order valence-electron chi connectivity index (χ3n) is 1.24. The van der Waals surface area contributed by atoms with Crippen LogP contribution in [0, 0.1) is 11.8 Å². The zero-order valence-electron chi connectivity index (χ0n) is 7.41. The van der Waals surface area contributed by atoms with E-state index in [1.165, 1.54) is 0 Å². The molecule has 0 atom stereocenters. The van der Waals surface area contributed by atoms with Gasteiger partial charge in [0.2, 0.25) is 5.01 Å². The molecule has 1 aromatic heterocycles. The van der Waals surface area contributed by atoms with E-state index in [2.05, 4.69) is 27.0 Å². The maximum absolute atomic E-state index is 11.4. The van der Waals surface area contributed by atoms with E-state index in [9.17, 15) is 9.32 Å². The van der Waals surface area contributed by atoms with Crippen LogP contribution in [0.2, 0.25) is 0 Å². The average Bonchev–Trinajstić information content (AvgIpc) is 2.66. The Morgan fingerprint density at radius 2 is 2.43 bits per heavy atom. The number of halogens is 1.